The number of nitrogens with zero attached hydrogens (tertiary/aromatic N) is 1. The van der Waals surface area contributed by atoms with E-state index in [1.807, 2.05) is 43.3 Å². The zero-order valence-corrected chi connectivity index (χ0v) is 16.6. The predicted octanol–water partition coefficient (Wildman–Crippen LogP) is 4.30. The van der Waals surface area contributed by atoms with Crippen LogP contribution in [0.2, 0.25) is 0 Å². The van der Waals surface area contributed by atoms with E-state index in [0.717, 1.165) is 17.9 Å². The highest BCUT2D eigenvalue weighted by atomic mass is 35.5. The van der Waals surface area contributed by atoms with Crippen LogP contribution in [0.15, 0.2) is 47.1 Å². The molecule has 2 rings (SSSR count). The smallest absolute Gasteiger partial charge is 0.251 e. The van der Waals surface area contributed by atoms with Gasteiger partial charge in [0.15, 0.2) is 0 Å². The van der Waals surface area contributed by atoms with Crippen molar-refractivity contribution in [2.45, 2.75) is 32.2 Å². The third-order valence-corrected chi connectivity index (χ3v) is 4.08. The molecular formula is C20H29ClN2O3. The van der Waals surface area contributed by atoms with Gasteiger partial charge in [0.2, 0.25) is 0 Å². The van der Waals surface area contributed by atoms with Crippen LogP contribution in [0.3, 0.4) is 0 Å². The fourth-order valence-corrected chi connectivity index (χ4v) is 2.55. The first-order chi connectivity index (χ1) is 12.1. The molecule has 144 valence electrons. The summed E-state index contributed by atoms with van der Waals surface area (Å²) in [4.78, 5) is 14.4. The first-order valence-electron chi connectivity index (χ1n) is 8.82. The Morgan fingerprint density at radius 3 is 2.50 bits per heavy atom. The highest BCUT2D eigenvalue weighted by molar-refractivity contribution is 5.94. The summed E-state index contributed by atoms with van der Waals surface area (Å²) < 4.78 is 11.1. The first kappa shape index (κ1) is 22.1. The standard InChI is InChI=1S/C20H28N2O3.ClH/c1-4-5-6-13-24-17-11-9-16(10-12-17)20(23)21-15-18(22(2)3)19-8-7-14-25-19;/h7-12,14,18H,4-6,13,15H2,1-3H3,(H,21,23);1H. The van der Waals surface area contributed by atoms with Crippen molar-refractivity contribution >= 4 is 18.3 Å². The van der Waals surface area contributed by atoms with Crippen molar-refractivity contribution in [3.63, 3.8) is 0 Å². The maximum absolute atomic E-state index is 12.4. The zero-order valence-electron chi connectivity index (χ0n) is 15.7. The normalized spacial score (nSPS) is 11.7. The van der Waals surface area contributed by atoms with E-state index in [4.69, 9.17) is 9.15 Å². The first-order valence-corrected chi connectivity index (χ1v) is 8.82. The molecule has 1 atom stereocenters. The van der Waals surface area contributed by atoms with E-state index in [0.29, 0.717) is 18.7 Å². The Balaban J connectivity index is 0.00000338. The molecule has 26 heavy (non-hydrogen) atoms. The Labute approximate surface area is 162 Å². The fraction of sp³-hybridized carbons (Fsp3) is 0.450. The molecule has 1 heterocycles. The van der Waals surface area contributed by atoms with E-state index >= 15 is 0 Å². The molecule has 0 saturated carbocycles. The molecule has 0 spiro atoms. The largest absolute Gasteiger partial charge is 0.494 e. The molecule has 0 fully saturated rings. The van der Waals surface area contributed by atoms with Gasteiger partial charge < -0.3 is 14.5 Å². The van der Waals surface area contributed by atoms with Crippen molar-refractivity contribution in [2.75, 3.05) is 27.2 Å². The van der Waals surface area contributed by atoms with Crippen molar-refractivity contribution in [1.82, 2.24) is 10.2 Å². The molecule has 0 aliphatic heterocycles. The van der Waals surface area contributed by atoms with Gasteiger partial charge in [-0.15, -0.1) is 12.4 Å². The predicted molar refractivity (Wildman–Crippen MR) is 106 cm³/mol. The van der Waals surface area contributed by atoms with Gasteiger partial charge in [-0.25, -0.2) is 0 Å². The Bertz CT molecular complexity index is 627. The lowest BCUT2D eigenvalue weighted by atomic mass is 10.1. The number of halogens is 1. The van der Waals surface area contributed by atoms with Gasteiger partial charge in [0.05, 0.1) is 18.9 Å². The van der Waals surface area contributed by atoms with Crippen molar-refractivity contribution in [3.05, 3.63) is 54.0 Å². The van der Waals surface area contributed by atoms with Crippen LogP contribution in [-0.4, -0.2) is 38.1 Å². The number of amides is 1. The summed E-state index contributed by atoms with van der Waals surface area (Å²) >= 11 is 0. The van der Waals surface area contributed by atoms with Gasteiger partial charge in [0.25, 0.3) is 5.91 Å². The van der Waals surface area contributed by atoms with Crippen LogP contribution in [0.25, 0.3) is 0 Å². The third kappa shape index (κ3) is 6.73. The van der Waals surface area contributed by atoms with E-state index in [-0.39, 0.29) is 24.4 Å². The molecule has 6 heteroatoms. The molecule has 0 bridgehead atoms. The van der Waals surface area contributed by atoms with Gasteiger partial charge in [-0.3, -0.25) is 9.69 Å². The highest BCUT2D eigenvalue weighted by Gasteiger charge is 2.18. The van der Waals surface area contributed by atoms with Gasteiger partial charge in [-0.1, -0.05) is 19.8 Å². The molecule has 1 unspecified atom stereocenters. The van der Waals surface area contributed by atoms with Gasteiger partial charge in [0.1, 0.15) is 11.5 Å². The van der Waals surface area contributed by atoms with Crippen LogP contribution in [0, 0.1) is 0 Å². The van der Waals surface area contributed by atoms with Crippen molar-refractivity contribution in [3.8, 4) is 5.75 Å². The SMILES string of the molecule is CCCCCOc1ccc(C(=O)NCC(c2ccco2)N(C)C)cc1.Cl. The second-order valence-electron chi connectivity index (χ2n) is 6.28. The number of hydrogen-bond donors (Lipinski definition) is 1. The molecule has 0 aliphatic carbocycles. The van der Waals surface area contributed by atoms with Crippen LogP contribution in [-0.2, 0) is 0 Å². The number of hydrogen-bond acceptors (Lipinski definition) is 4. The van der Waals surface area contributed by atoms with Gasteiger partial charge in [0, 0.05) is 12.1 Å². The summed E-state index contributed by atoms with van der Waals surface area (Å²) in [5.41, 5.74) is 0.623. The monoisotopic (exact) mass is 380 g/mol. The number of ether oxygens (including phenoxy) is 1. The number of benzene rings is 1. The molecule has 0 aliphatic rings. The number of unbranched alkanes of at least 4 members (excludes halogenated alkanes) is 2. The molecule has 1 aromatic heterocycles. The van der Waals surface area contributed by atoms with E-state index in [9.17, 15) is 4.79 Å². The van der Waals surface area contributed by atoms with Crippen LogP contribution in [0.1, 0.15) is 48.3 Å². The fourth-order valence-electron chi connectivity index (χ4n) is 2.55. The number of likely N-dealkylation sites (N-methyl/N-ethyl adjacent to an activating group) is 1. The van der Waals surface area contributed by atoms with E-state index in [1.165, 1.54) is 12.8 Å². The highest BCUT2D eigenvalue weighted by Crippen LogP contribution is 2.18. The lowest BCUT2D eigenvalue weighted by Crippen LogP contribution is -2.34. The van der Waals surface area contributed by atoms with E-state index in [2.05, 4.69) is 12.2 Å². The quantitative estimate of drug-likeness (QED) is 0.624. The minimum absolute atomic E-state index is 0. The number of furan rings is 1. The van der Waals surface area contributed by atoms with Crippen LogP contribution < -0.4 is 10.1 Å². The Kier molecular flexibility index (Phi) is 9.84. The average Bonchev–Trinajstić information content (AvgIpc) is 3.13. The molecule has 1 amide bonds. The van der Waals surface area contributed by atoms with Crippen molar-refractivity contribution < 1.29 is 13.9 Å². The van der Waals surface area contributed by atoms with Crippen molar-refractivity contribution in [1.29, 1.82) is 0 Å². The third-order valence-electron chi connectivity index (χ3n) is 4.08. The van der Waals surface area contributed by atoms with E-state index < -0.39 is 0 Å². The molecule has 0 saturated heterocycles. The summed E-state index contributed by atoms with van der Waals surface area (Å²) in [6.45, 7) is 3.36. The molecule has 2 aromatic rings. The minimum atomic E-state index is -0.101. The second-order valence-corrected chi connectivity index (χ2v) is 6.28. The van der Waals surface area contributed by atoms with Crippen LogP contribution in [0.4, 0.5) is 0 Å². The number of nitrogens with one attached hydrogen (secondary N) is 1. The summed E-state index contributed by atoms with van der Waals surface area (Å²) in [5, 5.41) is 2.97. The second kappa shape index (κ2) is 11.6. The summed E-state index contributed by atoms with van der Waals surface area (Å²) in [6, 6.07) is 11.0. The van der Waals surface area contributed by atoms with Crippen molar-refractivity contribution in [2.24, 2.45) is 0 Å². The Morgan fingerprint density at radius 2 is 1.92 bits per heavy atom. The number of rotatable bonds is 10. The molecule has 5 nitrogen and oxygen atoms in total. The molecule has 1 N–H and O–H groups in total. The maximum Gasteiger partial charge on any atom is 0.251 e. The summed E-state index contributed by atoms with van der Waals surface area (Å²) in [5.74, 6) is 1.53. The van der Waals surface area contributed by atoms with E-state index in [1.54, 1.807) is 18.4 Å². The zero-order chi connectivity index (χ0) is 18.1. The van der Waals surface area contributed by atoms with Gasteiger partial charge in [-0.05, 0) is 56.9 Å². The maximum atomic E-state index is 12.4. The average molecular weight is 381 g/mol. The summed E-state index contributed by atoms with van der Waals surface area (Å²) in [6.07, 6.45) is 5.04. The Hall–Kier alpha value is -1.98. The Morgan fingerprint density at radius 1 is 1.19 bits per heavy atom. The topological polar surface area (TPSA) is 54.7 Å². The molecular weight excluding hydrogens is 352 g/mol. The van der Waals surface area contributed by atoms with Crippen LogP contribution in [0.5, 0.6) is 5.75 Å². The minimum Gasteiger partial charge on any atom is -0.494 e. The lowest BCUT2D eigenvalue weighted by molar-refractivity contribution is 0.0939. The summed E-state index contributed by atoms with van der Waals surface area (Å²) in [7, 11) is 3.92. The van der Waals surface area contributed by atoms with Gasteiger partial charge in [-0.2, -0.15) is 0 Å². The lowest BCUT2D eigenvalue weighted by Gasteiger charge is -2.22. The number of carbonyl (C=O) groups is 1. The van der Waals surface area contributed by atoms with Crippen LogP contribution >= 0.6 is 12.4 Å². The number of carbonyl (C=O) groups excluding carboxylic acids is 1. The molecule has 1 aromatic carbocycles. The van der Waals surface area contributed by atoms with Gasteiger partial charge >= 0.3 is 0 Å². The molecule has 0 radical (unpaired) electrons.